The van der Waals surface area contributed by atoms with Gasteiger partial charge in [0.1, 0.15) is 0 Å². The normalized spacial score (nSPS) is 18.2. The van der Waals surface area contributed by atoms with Crippen LogP contribution in [0.25, 0.3) is 0 Å². The molecule has 0 unspecified atom stereocenters. The smallest absolute Gasteiger partial charge is 0.253 e. The summed E-state index contributed by atoms with van der Waals surface area (Å²) in [4.78, 5) is 14.5. The van der Waals surface area contributed by atoms with Crippen molar-refractivity contribution in [3.63, 3.8) is 0 Å². The molecule has 2 N–H and O–H groups in total. The lowest BCUT2D eigenvalue weighted by molar-refractivity contribution is 0.0758. The van der Waals surface area contributed by atoms with Crippen LogP contribution in [0.4, 0.5) is 0 Å². The number of aliphatic hydroxyl groups is 1. The Morgan fingerprint density at radius 3 is 2.95 bits per heavy atom. The standard InChI is InChI=1S/C18H28N2O2/c1-2-20(11-3-4-12-21)18(22)16-8-5-7-15(13-16)17-9-6-10-19-14-17/h5,7-8,13,17,19,21H,2-4,6,9-12,14H2,1H3/t17-/m1/s1. The number of hydrogen-bond donors (Lipinski definition) is 2. The summed E-state index contributed by atoms with van der Waals surface area (Å²) in [5.74, 6) is 0.622. The highest BCUT2D eigenvalue weighted by atomic mass is 16.3. The zero-order chi connectivity index (χ0) is 15.8. The second kappa shape index (κ2) is 8.91. The Kier molecular flexibility index (Phi) is 6.87. The third-order valence-corrected chi connectivity index (χ3v) is 4.41. The highest BCUT2D eigenvalue weighted by Gasteiger charge is 2.18. The Labute approximate surface area is 133 Å². The van der Waals surface area contributed by atoms with E-state index < -0.39 is 0 Å². The van der Waals surface area contributed by atoms with Gasteiger partial charge in [-0.25, -0.2) is 0 Å². The van der Waals surface area contributed by atoms with Crippen LogP contribution in [0.2, 0.25) is 0 Å². The number of nitrogens with one attached hydrogen (secondary N) is 1. The Hall–Kier alpha value is -1.39. The average Bonchev–Trinajstić information content (AvgIpc) is 2.59. The van der Waals surface area contributed by atoms with E-state index >= 15 is 0 Å². The molecule has 1 heterocycles. The maximum absolute atomic E-state index is 12.7. The molecule has 22 heavy (non-hydrogen) atoms. The van der Waals surface area contributed by atoms with Crippen molar-refractivity contribution in [1.29, 1.82) is 0 Å². The molecular weight excluding hydrogens is 276 g/mol. The van der Waals surface area contributed by atoms with Crippen LogP contribution in [-0.2, 0) is 0 Å². The van der Waals surface area contributed by atoms with Crippen molar-refractivity contribution in [2.75, 3.05) is 32.8 Å². The average molecular weight is 304 g/mol. The maximum atomic E-state index is 12.7. The number of hydrogen-bond acceptors (Lipinski definition) is 3. The monoisotopic (exact) mass is 304 g/mol. The summed E-state index contributed by atoms with van der Waals surface area (Å²) in [6, 6.07) is 8.11. The number of nitrogens with zero attached hydrogens (tertiary/aromatic N) is 1. The van der Waals surface area contributed by atoms with E-state index in [1.165, 1.54) is 18.4 Å². The van der Waals surface area contributed by atoms with Crippen molar-refractivity contribution < 1.29 is 9.90 Å². The lowest BCUT2D eigenvalue weighted by Gasteiger charge is -2.24. The van der Waals surface area contributed by atoms with Gasteiger partial charge in [0.05, 0.1) is 0 Å². The summed E-state index contributed by atoms with van der Waals surface area (Å²) < 4.78 is 0. The van der Waals surface area contributed by atoms with Gasteiger partial charge in [0.2, 0.25) is 0 Å². The van der Waals surface area contributed by atoms with E-state index in [-0.39, 0.29) is 12.5 Å². The number of benzene rings is 1. The van der Waals surface area contributed by atoms with E-state index in [2.05, 4.69) is 17.4 Å². The van der Waals surface area contributed by atoms with Crippen molar-refractivity contribution in [3.05, 3.63) is 35.4 Å². The molecule has 0 aromatic heterocycles. The van der Waals surface area contributed by atoms with E-state index in [0.717, 1.165) is 31.5 Å². The topological polar surface area (TPSA) is 52.6 Å². The Morgan fingerprint density at radius 1 is 1.41 bits per heavy atom. The van der Waals surface area contributed by atoms with Crippen LogP contribution in [0.5, 0.6) is 0 Å². The first-order valence-electron chi connectivity index (χ1n) is 8.47. The molecule has 1 aliphatic heterocycles. The molecule has 1 aromatic carbocycles. The molecule has 0 radical (unpaired) electrons. The molecule has 0 bridgehead atoms. The number of amides is 1. The van der Waals surface area contributed by atoms with E-state index in [1.807, 2.05) is 24.0 Å². The highest BCUT2D eigenvalue weighted by Crippen LogP contribution is 2.24. The highest BCUT2D eigenvalue weighted by molar-refractivity contribution is 5.94. The summed E-state index contributed by atoms with van der Waals surface area (Å²) in [5, 5.41) is 12.3. The van der Waals surface area contributed by atoms with Crippen molar-refractivity contribution in [2.24, 2.45) is 0 Å². The minimum Gasteiger partial charge on any atom is -0.396 e. The second-order valence-electron chi connectivity index (χ2n) is 5.98. The Bertz CT molecular complexity index is 470. The summed E-state index contributed by atoms with van der Waals surface area (Å²) >= 11 is 0. The third kappa shape index (κ3) is 4.55. The predicted molar refractivity (Wildman–Crippen MR) is 89.2 cm³/mol. The second-order valence-corrected chi connectivity index (χ2v) is 5.98. The van der Waals surface area contributed by atoms with Gasteiger partial charge in [-0.2, -0.15) is 0 Å². The molecule has 4 nitrogen and oxygen atoms in total. The van der Waals surface area contributed by atoms with Gasteiger partial charge in [-0.1, -0.05) is 12.1 Å². The lowest BCUT2D eigenvalue weighted by Crippen LogP contribution is -2.32. The van der Waals surface area contributed by atoms with Gasteiger partial charge in [-0.3, -0.25) is 4.79 Å². The molecule has 1 atom stereocenters. The van der Waals surface area contributed by atoms with E-state index in [9.17, 15) is 4.79 Å². The van der Waals surface area contributed by atoms with Crippen LogP contribution in [0, 0.1) is 0 Å². The molecular formula is C18H28N2O2. The van der Waals surface area contributed by atoms with Crippen LogP contribution in [-0.4, -0.2) is 48.7 Å². The number of rotatable bonds is 7. The van der Waals surface area contributed by atoms with Gasteiger partial charge in [-0.05, 0) is 62.8 Å². The van der Waals surface area contributed by atoms with Crippen molar-refractivity contribution in [3.8, 4) is 0 Å². The third-order valence-electron chi connectivity index (χ3n) is 4.41. The first-order chi connectivity index (χ1) is 10.8. The minimum atomic E-state index is 0.103. The van der Waals surface area contributed by atoms with Gasteiger partial charge in [0.25, 0.3) is 5.91 Å². The zero-order valence-electron chi connectivity index (χ0n) is 13.6. The summed E-state index contributed by atoms with van der Waals surface area (Å²) in [6.07, 6.45) is 3.99. The van der Waals surface area contributed by atoms with Crippen LogP contribution in [0.15, 0.2) is 24.3 Å². The van der Waals surface area contributed by atoms with E-state index in [4.69, 9.17) is 5.11 Å². The summed E-state index contributed by atoms with van der Waals surface area (Å²) in [7, 11) is 0. The number of piperidine rings is 1. The van der Waals surface area contributed by atoms with Crippen LogP contribution in [0.1, 0.15) is 54.4 Å². The maximum Gasteiger partial charge on any atom is 0.253 e. The molecule has 1 saturated heterocycles. The molecule has 1 fully saturated rings. The fraction of sp³-hybridized carbons (Fsp3) is 0.611. The predicted octanol–water partition coefficient (Wildman–Crippen LogP) is 2.39. The summed E-state index contributed by atoms with van der Waals surface area (Å²) in [6.45, 7) is 5.72. The Morgan fingerprint density at radius 2 is 2.27 bits per heavy atom. The van der Waals surface area contributed by atoms with Crippen molar-refractivity contribution >= 4 is 5.91 Å². The molecule has 122 valence electrons. The lowest BCUT2D eigenvalue weighted by atomic mass is 9.90. The van der Waals surface area contributed by atoms with Crippen molar-refractivity contribution in [1.82, 2.24) is 10.2 Å². The van der Waals surface area contributed by atoms with Crippen LogP contribution in [0.3, 0.4) is 0 Å². The summed E-state index contributed by atoms with van der Waals surface area (Å²) in [5.41, 5.74) is 2.05. The number of unbranched alkanes of at least 4 members (excludes halogenated alkanes) is 1. The van der Waals surface area contributed by atoms with Gasteiger partial charge in [-0.15, -0.1) is 0 Å². The Balaban J connectivity index is 2.04. The van der Waals surface area contributed by atoms with Gasteiger partial charge in [0.15, 0.2) is 0 Å². The first-order valence-corrected chi connectivity index (χ1v) is 8.47. The van der Waals surface area contributed by atoms with E-state index in [1.54, 1.807) is 0 Å². The van der Waals surface area contributed by atoms with Crippen LogP contribution < -0.4 is 5.32 Å². The number of aliphatic hydroxyl groups excluding tert-OH is 1. The first kappa shape index (κ1) is 17.0. The molecule has 4 heteroatoms. The van der Waals surface area contributed by atoms with Gasteiger partial charge < -0.3 is 15.3 Å². The van der Waals surface area contributed by atoms with Gasteiger partial charge >= 0.3 is 0 Å². The SMILES string of the molecule is CCN(CCCCO)C(=O)c1cccc([C@@H]2CCCNC2)c1. The molecule has 0 saturated carbocycles. The molecule has 0 aliphatic carbocycles. The van der Waals surface area contributed by atoms with Crippen LogP contribution >= 0.6 is 0 Å². The molecule has 1 aliphatic rings. The number of carbonyl (C=O) groups is 1. The largest absolute Gasteiger partial charge is 0.396 e. The minimum absolute atomic E-state index is 0.103. The number of carbonyl (C=O) groups excluding carboxylic acids is 1. The van der Waals surface area contributed by atoms with Gasteiger partial charge in [0, 0.05) is 31.8 Å². The zero-order valence-corrected chi connectivity index (χ0v) is 13.6. The fourth-order valence-electron chi connectivity index (χ4n) is 3.06. The molecule has 0 spiro atoms. The fourth-order valence-corrected chi connectivity index (χ4v) is 3.06. The molecule has 1 aromatic rings. The van der Waals surface area contributed by atoms with Crippen molar-refractivity contribution in [2.45, 2.75) is 38.5 Å². The van der Waals surface area contributed by atoms with E-state index in [0.29, 0.717) is 19.0 Å². The quantitative estimate of drug-likeness (QED) is 0.761. The molecule has 2 rings (SSSR count). The molecule has 1 amide bonds.